The molecule has 0 aromatic heterocycles. The molecule has 1 aromatic rings. The fourth-order valence-electron chi connectivity index (χ4n) is 1.69. The zero-order chi connectivity index (χ0) is 12.7. The van der Waals surface area contributed by atoms with Gasteiger partial charge in [-0.3, -0.25) is 0 Å². The van der Waals surface area contributed by atoms with Crippen molar-refractivity contribution in [2.24, 2.45) is 0 Å². The van der Waals surface area contributed by atoms with Crippen molar-refractivity contribution in [2.75, 3.05) is 18.4 Å². The van der Waals surface area contributed by atoms with Gasteiger partial charge in [0.2, 0.25) is 0 Å². The molecule has 0 radical (unpaired) electrons. The summed E-state index contributed by atoms with van der Waals surface area (Å²) in [6.45, 7) is 8.48. The molecule has 0 atom stereocenters. The number of nitrogens with one attached hydrogen (secondary N) is 1. The molecule has 94 valence electrons. The van der Waals surface area contributed by atoms with Crippen LogP contribution in [0, 0.1) is 6.92 Å². The van der Waals surface area contributed by atoms with Crippen LogP contribution in [0.5, 0.6) is 0 Å². The summed E-state index contributed by atoms with van der Waals surface area (Å²) in [5.74, 6) is 0. The number of thiocarbonyl (C=S) groups is 1. The van der Waals surface area contributed by atoms with Gasteiger partial charge in [-0.15, -0.1) is 0 Å². The maximum atomic E-state index is 5.44. The van der Waals surface area contributed by atoms with E-state index < -0.39 is 0 Å². The fourth-order valence-corrected chi connectivity index (χ4v) is 1.99. The molecule has 0 saturated heterocycles. The van der Waals surface area contributed by atoms with Gasteiger partial charge in [-0.1, -0.05) is 31.5 Å². The zero-order valence-electron chi connectivity index (χ0n) is 11.0. The normalized spacial score (nSPS) is 10.1. The summed E-state index contributed by atoms with van der Waals surface area (Å²) in [7, 11) is 0. The number of benzene rings is 1. The minimum absolute atomic E-state index is 0.831. The minimum atomic E-state index is 0.831. The molecule has 1 N–H and O–H groups in total. The first-order valence-corrected chi connectivity index (χ1v) is 6.70. The highest BCUT2D eigenvalue weighted by atomic mass is 32.1. The van der Waals surface area contributed by atoms with Crippen LogP contribution in [0.2, 0.25) is 0 Å². The molecule has 1 aromatic carbocycles. The van der Waals surface area contributed by atoms with Gasteiger partial charge in [0.25, 0.3) is 0 Å². The summed E-state index contributed by atoms with van der Waals surface area (Å²) < 4.78 is 0. The Kier molecular flexibility index (Phi) is 5.98. The summed E-state index contributed by atoms with van der Waals surface area (Å²) >= 11 is 5.44. The summed E-state index contributed by atoms with van der Waals surface area (Å²) in [5, 5.41) is 4.13. The lowest BCUT2D eigenvalue weighted by Crippen LogP contribution is -2.35. The molecule has 0 aliphatic rings. The van der Waals surface area contributed by atoms with Gasteiger partial charge in [-0.05, 0) is 44.1 Å². The van der Waals surface area contributed by atoms with Crippen molar-refractivity contribution >= 4 is 23.0 Å². The second kappa shape index (κ2) is 7.28. The van der Waals surface area contributed by atoms with Crippen molar-refractivity contribution in [3.63, 3.8) is 0 Å². The Morgan fingerprint density at radius 3 is 2.12 bits per heavy atom. The van der Waals surface area contributed by atoms with Crippen LogP contribution in [0.1, 0.15) is 32.3 Å². The van der Waals surface area contributed by atoms with Gasteiger partial charge in [-0.2, -0.15) is 0 Å². The van der Waals surface area contributed by atoms with Crippen LogP contribution in [0.15, 0.2) is 24.3 Å². The molecule has 0 saturated carbocycles. The van der Waals surface area contributed by atoms with Crippen LogP contribution in [0.25, 0.3) is 0 Å². The number of anilines is 1. The van der Waals surface area contributed by atoms with E-state index in [1.54, 1.807) is 0 Å². The van der Waals surface area contributed by atoms with Gasteiger partial charge in [0.05, 0.1) is 0 Å². The van der Waals surface area contributed by atoms with E-state index in [-0.39, 0.29) is 0 Å². The fraction of sp³-hybridized carbons (Fsp3) is 0.500. The topological polar surface area (TPSA) is 15.3 Å². The van der Waals surface area contributed by atoms with Gasteiger partial charge in [0, 0.05) is 18.8 Å². The van der Waals surface area contributed by atoms with Crippen LogP contribution in [0.4, 0.5) is 5.69 Å². The van der Waals surface area contributed by atoms with E-state index in [4.69, 9.17) is 12.2 Å². The van der Waals surface area contributed by atoms with E-state index in [1.807, 2.05) is 0 Å². The monoisotopic (exact) mass is 250 g/mol. The number of rotatable bonds is 5. The van der Waals surface area contributed by atoms with Crippen LogP contribution in [-0.4, -0.2) is 23.1 Å². The van der Waals surface area contributed by atoms with E-state index in [0.29, 0.717) is 0 Å². The summed E-state index contributed by atoms with van der Waals surface area (Å²) in [5.41, 5.74) is 2.33. The summed E-state index contributed by atoms with van der Waals surface area (Å²) in [6.07, 6.45) is 2.24. The first-order valence-electron chi connectivity index (χ1n) is 6.30. The molecule has 0 aliphatic carbocycles. The Labute approximate surface area is 110 Å². The molecule has 2 nitrogen and oxygen atoms in total. The molecule has 0 spiro atoms. The third-order valence-electron chi connectivity index (χ3n) is 2.58. The number of aryl methyl sites for hydroxylation is 1. The Bertz CT molecular complexity index is 340. The van der Waals surface area contributed by atoms with Crippen LogP contribution < -0.4 is 5.32 Å². The number of hydrogen-bond acceptors (Lipinski definition) is 1. The minimum Gasteiger partial charge on any atom is -0.349 e. The highest BCUT2D eigenvalue weighted by Gasteiger charge is 2.07. The van der Waals surface area contributed by atoms with Gasteiger partial charge in [0.1, 0.15) is 0 Å². The predicted molar refractivity (Wildman–Crippen MR) is 79.6 cm³/mol. The Morgan fingerprint density at radius 1 is 1.12 bits per heavy atom. The molecule has 0 amide bonds. The molecule has 1 rings (SSSR count). The average Bonchev–Trinajstić information content (AvgIpc) is 2.32. The van der Waals surface area contributed by atoms with Crippen molar-refractivity contribution in [1.29, 1.82) is 0 Å². The van der Waals surface area contributed by atoms with Crippen LogP contribution in [-0.2, 0) is 0 Å². The Balaban J connectivity index is 2.59. The highest BCUT2D eigenvalue weighted by molar-refractivity contribution is 7.80. The molecule has 0 aliphatic heterocycles. The van der Waals surface area contributed by atoms with Crippen molar-refractivity contribution < 1.29 is 0 Å². The standard InChI is InChI=1S/C14H22N2S/c1-4-10-16(11-5-2)14(17)15-13-8-6-12(3)7-9-13/h6-9H,4-5,10-11H2,1-3H3,(H,15,17). The van der Waals surface area contributed by atoms with Gasteiger partial charge in [-0.25, -0.2) is 0 Å². The number of hydrogen-bond donors (Lipinski definition) is 1. The van der Waals surface area contributed by atoms with Gasteiger partial charge < -0.3 is 10.2 Å². The van der Waals surface area contributed by atoms with Gasteiger partial charge >= 0.3 is 0 Å². The lowest BCUT2D eigenvalue weighted by molar-refractivity contribution is 0.423. The molecule has 0 unspecified atom stereocenters. The third kappa shape index (κ3) is 4.73. The molecular weight excluding hydrogens is 228 g/mol. The van der Waals surface area contributed by atoms with Gasteiger partial charge in [0.15, 0.2) is 5.11 Å². The lowest BCUT2D eigenvalue weighted by Gasteiger charge is -2.24. The van der Waals surface area contributed by atoms with E-state index in [1.165, 1.54) is 5.56 Å². The Hall–Kier alpha value is -1.09. The third-order valence-corrected chi connectivity index (χ3v) is 2.94. The maximum absolute atomic E-state index is 5.44. The highest BCUT2D eigenvalue weighted by Crippen LogP contribution is 2.10. The predicted octanol–water partition coefficient (Wildman–Crippen LogP) is 3.81. The first-order chi connectivity index (χ1) is 8.17. The van der Waals surface area contributed by atoms with Crippen molar-refractivity contribution in [3.05, 3.63) is 29.8 Å². The molecule has 0 fully saturated rings. The van der Waals surface area contributed by atoms with Crippen molar-refractivity contribution in [1.82, 2.24) is 4.90 Å². The molecule has 0 bridgehead atoms. The van der Waals surface area contributed by atoms with Crippen molar-refractivity contribution in [3.8, 4) is 0 Å². The quantitative estimate of drug-likeness (QED) is 0.800. The second-order valence-corrected chi connectivity index (χ2v) is 4.67. The average molecular weight is 250 g/mol. The zero-order valence-corrected chi connectivity index (χ0v) is 11.8. The van der Waals surface area contributed by atoms with Crippen molar-refractivity contribution in [2.45, 2.75) is 33.6 Å². The summed E-state index contributed by atoms with van der Waals surface area (Å²) in [6, 6.07) is 8.32. The molecule has 17 heavy (non-hydrogen) atoms. The SMILES string of the molecule is CCCN(CCC)C(=S)Nc1ccc(C)cc1. The van der Waals surface area contributed by atoms with E-state index in [2.05, 4.69) is 55.3 Å². The first kappa shape index (κ1) is 14.0. The second-order valence-electron chi connectivity index (χ2n) is 4.28. The number of nitrogens with zero attached hydrogens (tertiary/aromatic N) is 1. The van der Waals surface area contributed by atoms with E-state index in [0.717, 1.165) is 36.7 Å². The maximum Gasteiger partial charge on any atom is 0.173 e. The summed E-state index contributed by atoms with van der Waals surface area (Å²) in [4.78, 5) is 2.23. The smallest absolute Gasteiger partial charge is 0.173 e. The molecule has 3 heteroatoms. The molecular formula is C14H22N2S. The van der Waals surface area contributed by atoms with E-state index >= 15 is 0 Å². The molecule has 0 heterocycles. The lowest BCUT2D eigenvalue weighted by atomic mass is 10.2. The van der Waals surface area contributed by atoms with Crippen LogP contribution >= 0.6 is 12.2 Å². The largest absolute Gasteiger partial charge is 0.349 e. The Morgan fingerprint density at radius 2 is 1.65 bits per heavy atom. The van der Waals surface area contributed by atoms with Crippen LogP contribution in [0.3, 0.4) is 0 Å². The van der Waals surface area contributed by atoms with E-state index in [9.17, 15) is 0 Å².